The average Bonchev–Trinajstić information content (AvgIpc) is 2.46. The Morgan fingerprint density at radius 1 is 1.23 bits per heavy atom. The fourth-order valence-electron chi connectivity index (χ4n) is 2.32. The van der Waals surface area contributed by atoms with Gasteiger partial charge in [-0.3, -0.25) is 9.59 Å². The summed E-state index contributed by atoms with van der Waals surface area (Å²) in [7, 11) is 0. The van der Waals surface area contributed by atoms with E-state index < -0.39 is 0 Å². The van der Waals surface area contributed by atoms with E-state index in [1.807, 2.05) is 32.9 Å². The molecule has 0 atom stereocenters. The molecule has 0 unspecified atom stereocenters. The standard InChI is InChI=1S/C18H18N2O2/c1-5-14-7-6-11(2)15(9-14)17(21)19-10-16-12(3)8-13(4)20-18(16)22/h1,6-9H,10H2,2-4H3,(H,19,21)(H,20,22). The average molecular weight is 294 g/mol. The van der Waals surface area contributed by atoms with Crippen LogP contribution in [-0.4, -0.2) is 10.9 Å². The Morgan fingerprint density at radius 2 is 1.95 bits per heavy atom. The first-order valence-electron chi connectivity index (χ1n) is 6.97. The Bertz CT molecular complexity index is 826. The molecular weight excluding hydrogens is 276 g/mol. The lowest BCUT2D eigenvalue weighted by Crippen LogP contribution is -2.28. The molecule has 0 saturated carbocycles. The van der Waals surface area contributed by atoms with Crippen LogP contribution >= 0.6 is 0 Å². The van der Waals surface area contributed by atoms with Crippen molar-refractivity contribution in [2.24, 2.45) is 0 Å². The number of nitrogens with one attached hydrogen (secondary N) is 2. The van der Waals surface area contributed by atoms with Gasteiger partial charge >= 0.3 is 0 Å². The fraction of sp³-hybridized carbons (Fsp3) is 0.222. The Morgan fingerprint density at radius 3 is 2.59 bits per heavy atom. The highest BCUT2D eigenvalue weighted by atomic mass is 16.1. The summed E-state index contributed by atoms with van der Waals surface area (Å²) in [6.45, 7) is 5.71. The second-order valence-corrected chi connectivity index (χ2v) is 5.30. The molecule has 0 fully saturated rings. The summed E-state index contributed by atoms with van der Waals surface area (Å²) < 4.78 is 0. The van der Waals surface area contributed by atoms with Crippen LogP contribution in [0.15, 0.2) is 29.1 Å². The lowest BCUT2D eigenvalue weighted by atomic mass is 10.0. The van der Waals surface area contributed by atoms with Crippen LogP contribution < -0.4 is 10.9 Å². The van der Waals surface area contributed by atoms with Crippen molar-refractivity contribution in [1.29, 1.82) is 0 Å². The van der Waals surface area contributed by atoms with Crippen molar-refractivity contribution in [2.45, 2.75) is 27.3 Å². The number of rotatable bonds is 3. The molecule has 0 radical (unpaired) electrons. The molecule has 1 aromatic carbocycles. The molecule has 0 saturated heterocycles. The molecule has 0 aliphatic heterocycles. The molecule has 1 amide bonds. The number of benzene rings is 1. The van der Waals surface area contributed by atoms with Crippen LogP contribution in [0.3, 0.4) is 0 Å². The van der Waals surface area contributed by atoms with E-state index in [1.165, 1.54) is 0 Å². The fourth-order valence-corrected chi connectivity index (χ4v) is 2.32. The molecular formula is C18H18N2O2. The highest BCUT2D eigenvalue weighted by molar-refractivity contribution is 5.96. The highest BCUT2D eigenvalue weighted by Crippen LogP contribution is 2.11. The van der Waals surface area contributed by atoms with E-state index in [-0.39, 0.29) is 18.0 Å². The van der Waals surface area contributed by atoms with Crippen LogP contribution in [0.5, 0.6) is 0 Å². The summed E-state index contributed by atoms with van der Waals surface area (Å²) in [6, 6.07) is 7.17. The minimum absolute atomic E-state index is 0.174. The maximum atomic E-state index is 12.3. The molecule has 0 aliphatic rings. The van der Waals surface area contributed by atoms with Gasteiger partial charge in [-0.2, -0.15) is 0 Å². The smallest absolute Gasteiger partial charge is 0.253 e. The van der Waals surface area contributed by atoms with Crippen LogP contribution in [0.4, 0.5) is 0 Å². The quantitative estimate of drug-likeness (QED) is 0.853. The van der Waals surface area contributed by atoms with Gasteiger partial charge in [-0.1, -0.05) is 12.0 Å². The molecule has 112 valence electrons. The first kappa shape index (κ1) is 15.6. The van der Waals surface area contributed by atoms with Gasteiger partial charge in [0, 0.05) is 28.9 Å². The monoisotopic (exact) mass is 294 g/mol. The maximum absolute atomic E-state index is 12.3. The number of pyridine rings is 1. The number of hydrogen-bond acceptors (Lipinski definition) is 2. The van der Waals surface area contributed by atoms with Crippen molar-refractivity contribution in [3.63, 3.8) is 0 Å². The third-order valence-corrected chi connectivity index (χ3v) is 3.57. The SMILES string of the molecule is C#Cc1ccc(C)c(C(=O)NCc2c(C)cc(C)[nH]c2=O)c1. The minimum Gasteiger partial charge on any atom is -0.348 e. The number of H-pyrrole nitrogens is 1. The topological polar surface area (TPSA) is 62.0 Å². The molecule has 1 heterocycles. The minimum atomic E-state index is -0.242. The van der Waals surface area contributed by atoms with Crippen molar-refractivity contribution in [3.8, 4) is 12.3 Å². The van der Waals surface area contributed by atoms with Gasteiger partial charge in [0.25, 0.3) is 11.5 Å². The molecule has 0 spiro atoms. The van der Waals surface area contributed by atoms with Crippen LogP contribution in [0, 0.1) is 33.1 Å². The van der Waals surface area contributed by atoms with E-state index in [2.05, 4.69) is 16.2 Å². The summed E-state index contributed by atoms with van der Waals surface area (Å²) in [6.07, 6.45) is 5.36. The molecule has 2 rings (SSSR count). The van der Waals surface area contributed by atoms with E-state index in [0.717, 1.165) is 16.8 Å². The Kier molecular flexibility index (Phi) is 4.47. The van der Waals surface area contributed by atoms with Crippen LogP contribution in [0.2, 0.25) is 0 Å². The molecule has 2 aromatic rings. The second-order valence-electron chi connectivity index (χ2n) is 5.30. The number of hydrogen-bond donors (Lipinski definition) is 2. The predicted molar refractivity (Wildman–Crippen MR) is 86.8 cm³/mol. The van der Waals surface area contributed by atoms with Gasteiger partial charge in [0.05, 0.1) is 0 Å². The third kappa shape index (κ3) is 3.26. The zero-order valence-electron chi connectivity index (χ0n) is 12.9. The highest BCUT2D eigenvalue weighted by Gasteiger charge is 2.11. The number of amides is 1. The van der Waals surface area contributed by atoms with Crippen LogP contribution in [0.25, 0.3) is 0 Å². The first-order valence-corrected chi connectivity index (χ1v) is 6.97. The van der Waals surface area contributed by atoms with Gasteiger partial charge in [0.1, 0.15) is 0 Å². The van der Waals surface area contributed by atoms with E-state index in [0.29, 0.717) is 16.7 Å². The number of carbonyl (C=O) groups excluding carboxylic acids is 1. The van der Waals surface area contributed by atoms with E-state index in [4.69, 9.17) is 6.42 Å². The van der Waals surface area contributed by atoms with E-state index >= 15 is 0 Å². The maximum Gasteiger partial charge on any atom is 0.253 e. The number of aryl methyl sites for hydroxylation is 3. The third-order valence-electron chi connectivity index (χ3n) is 3.57. The second kappa shape index (κ2) is 6.31. The molecule has 4 heteroatoms. The normalized spacial score (nSPS) is 10.1. The summed E-state index contributed by atoms with van der Waals surface area (Å²) >= 11 is 0. The summed E-state index contributed by atoms with van der Waals surface area (Å²) in [5.41, 5.74) is 4.06. The Labute approximate surface area is 129 Å². The number of aromatic nitrogens is 1. The van der Waals surface area contributed by atoms with Crippen LogP contribution in [-0.2, 0) is 6.54 Å². The Balaban J connectivity index is 2.21. The van der Waals surface area contributed by atoms with Gasteiger partial charge in [-0.15, -0.1) is 6.42 Å². The number of terminal acetylenes is 1. The zero-order valence-corrected chi connectivity index (χ0v) is 12.9. The lowest BCUT2D eigenvalue weighted by molar-refractivity contribution is 0.0950. The van der Waals surface area contributed by atoms with Gasteiger partial charge in [-0.25, -0.2) is 0 Å². The Hall–Kier alpha value is -2.80. The summed E-state index contributed by atoms with van der Waals surface area (Å²) in [5, 5.41) is 2.78. The van der Waals surface area contributed by atoms with Gasteiger partial charge in [0.15, 0.2) is 0 Å². The predicted octanol–water partition coefficient (Wildman–Crippen LogP) is 2.21. The summed E-state index contributed by atoms with van der Waals surface area (Å²) in [4.78, 5) is 27.0. The van der Waals surface area contributed by atoms with Crippen molar-refractivity contribution in [1.82, 2.24) is 10.3 Å². The van der Waals surface area contributed by atoms with Crippen molar-refractivity contribution in [3.05, 3.63) is 68.1 Å². The molecule has 1 aromatic heterocycles. The van der Waals surface area contributed by atoms with Gasteiger partial charge in [-0.05, 0) is 50.1 Å². The van der Waals surface area contributed by atoms with Gasteiger partial charge < -0.3 is 10.3 Å². The van der Waals surface area contributed by atoms with Crippen LogP contribution in [0.1, 0.15) is 38.3 Å². The number of carbonyl (C=O) groups is 1. The zero-order chi connectivity index (χ0) is 16.3. The van der Waals surface area contributed by atoms with Crippen molar-refractivity contribution < 1.29 is 4.79 Å². The van der Waals surface area contributed by atoms with Gasteiger partial charge in [0.2, 0.25) is 0 Å². The molecule has 0 bridgehead atoms. The largest absolute Gasteiger partial charge is 0.348 e. The van der Waals surface area contributed by atoms with E-state index in [1.54, 1.807) is 12.1 Å². The lowest BCUT2D eigenvalue weighted by Gasteiger charge is -2.10. The van der Waals surface area contributed by atoms with Crippen molar-refractivity contribution in [2.75, 3.05) is 0 Å². The molecule has 0 aliphatic carbocycles. The van der Waals surface area contributed by atoms with Crippen molar-refractivity contribution >= 4 is 5.91 Å². The summed E-state index contributed by atoms with van der Waals surface area (Å²) in [5.74, 6) is 2.27. The molecule has 22 heavy (non-hydrogen) atoms. The molecule has 2 N–H and O–H groups in total. The molecule has 4 nitrogen and oxygen atoms in total. The first-order chi connectivity index (χ1) is 10.4. The number of aromatic amines is 1. The van der Waals surface area contributed by atoms with E-state index in [9.17, 15) is 9.59 Å².